The first-order chi connectivity index (χ1) is 23.4. The monoisotopic (exact) mass is 667 g/mol. The number of nitrogens with zero attached hydrogens (tertiary/aromatic N) is 1. The molecule has 0 aromatic heterocycles. The number of rotatable bonds is 10. The van der Waals surface area contributed by atoms with Crippen molar-refractivity contribution < 1.29 is 29.3 Å². The Morgan fingerprint density at radius 2 is 1.59 bits per heavy atom. The minimum atomic E-state index is -1.11. The number of fused-ring (bicyclic) bond motifs is 1. The van der Waals surface area contributed by atoms with Crippen molar-refractivity contribution in [3.8, 4) is 11.5 Å². The Morgan fingerprint density at radius 1 is 0.898 bits per heavy atom. The summed E-state index contributed by atoms with van der Waals surface area (Å²) in [6, 6.07) is 15.2. The van der Waals surface area contributed by atoms with Gasteiger partial charge in [-0.1, -0.05) is 75.4 Å². The topological polar surface area (TPSA) is 96.3 Å². The molecule has 3 saturated carbocycles. The van der Waals surface area contributed by atoms with Gasteiger partial charge in [-0.15, -0.1) is 0 Å². The third-order valence-corrected chi connectivity index (χ3v) is 14.1. The molecule has 2 spiro atoms. The Bertz CT molecular complexity index is 1680. The fourth-order valence-corrected chi connectivity index (χ4v) is 11.5. The summed E-state index contributed by atoms with van der Waals surface area (Å²) < 4.78 is 10.9. The molecule has 7 heteroatoms. The van der Waals surface area contributed by atoms with Gasteiger partial charge in [-0.25, -0.2) is 0 Å². The molecule has 1 amide bonds. The molecule has 8 atom stereocenters. The van der Waals surface area contributed by atoms with Crippen LogP contribution < -0.4 is 9.47 Å². The van der Waals surface area contributed by atoms with Gasteiger partial charge in [0, 0.05) is 40.5 Å². The van der Waals surface area contributed by atoms with Gasteiger partial charge in [0.05, 0.1) is 32.3 Å². The summed E-state index contributed by atoms with van der Waals surface area (Å²) in [5.41, 5.74) is -0.223. The van der Waals surface area contributed by atoms with Crippen LogP contribution in [0.1, 0.15) is 88.1 Å². The molecule has 262 valence electrons. The van der Waals surface area contributed by atoms with Crippen LogP contribution in [0.5, 0.6) is 11.5 Å². The van der Waals surface area contributed by atoms with Gasteiger partial charge >= 0.3 is 0 Å². The first-order valence-electron chi connectivity index (χ1n) is 18.3. The molecule has 49 heavy (non-hydrogen) atoms. The van der Waals surface area contributed by atoms with E-state index in [0.717, 1.165) is 49.7 Å². The number of benzene rings is 2. The quantitative estimate of drug-likeness (QED) is 0.210. The first-order valence-corrected chi connectivity index (χ1v) is 18.3. The molecule has 6 aliphatic carbocycles. The average Bonchev–Trinajstić information content (AvgIpc) is 3.37. The van der Waals surface area contributed by atoms with E-state index in [4.69, 9.17) is 9.47 Å². The second-order valence-electron chi connectivity index (χ2n) is 16.2. The highest BCUT2D eigenvalue weighted by Crippen LogP contribution is 2.78. The number of Topliss-reactive ketones (excluding diaryl/α,β-unsaturated/α-hetero) is 1. The van der Waals surface area contributed by atoms with Crippen LogP contribution in [0.25, 0.3) is 0 Å². The molecule has 0 saturated heterocycles. The van der Waals surface area contributed by atoms with Gasteiger partial charge in [0.15, 0.2) is 17.3 Å². The molecule has 7 nitrogen and oxygen atoms in total. The molecular formula is C42H53NO6. The van der Waals surface area contributed by atoms with Gasteiger partial charge in [0.2, 0.25) is 5.91 Å². The summed E-state index contributed by atoms with van der Waals surface area (Å²) in [7, 11) is 3.19. The highest BCUT2D eigenvalue weighted by molar-refractivity contribution is 6.10. The maximum atomic E-state index is 14.7. The van der Waals surface area contributed by atoms with E-state index in [0.29, 0.717) is 36.4 Å². The van der Waals surface area contributed by atoms with Crippen molar-refractivity contribution in [3.63, 3.8) is 0 Å². The summed E-state index contributed by atoms with van der Waals surface area (Å²) in [4.78, 5) is 30.5. The number of carbonyl (C=O) groups excluding carboxylic acids is 2. The van der Waals surface area contributed by atoms with Crippen LogP contribution in [-0.2, 0) is 11.2 Å². The highest BCUT2D eigenvalue weighted by Gasteiger charge is 2.74. The average molecular weight is 668 g/mol. The smallest absolute Gasteiger partial charge is 0.227 e. The molecule has 2 N–H and O–H groups in total. The van der Waals surface area contributed by atoms with Crippen molar-refractivity contribution in [2.75, 3.05) is 27.3 Å². The molecule has 2 bridgehead atoms. The number of ketones is 1. The second-order valence-corrected chi connectivity index (χ2v) is 16.2. The summed E-state index contributed by atoms with van der Waals surface area (Å²) in [6.07, 6.45) is 13.0. The van der Waals surface area contributed by atoms with Crippen LogP contribution in [0.3, 0.4) is 0 Å². The summed E-state index contributed by atoms with van der Waals surface area (Å²) in [5, 5.41) is 23.9. The lowest BCUT2D eigenvalue weighted by Crippen LogP contribution is -2.67. The molecule has 8 unspecified atom stereocenters. The van der Waals surface area contributed by atoms with Gasteiger partial charge in [0.1, 0.15) is 0 Å². The lowest BCUT2D eigenvalue weighted by molar-refractivity contribution is -0.178. The number of hydrogen-bond acceptors (Lipinski definition) is 6. The minimum Gasteiger partial charge on any atom is -0.493 e. The van der Waals surface area contributed by atoms with Crippen molar-refractivity contribution >= 4 is 11.7 Å². The molecular weight excluding hydrogens is 614 g/mol. The summed E-state index contributed by atoms with van der Waals surface area (Å²) >= 11 is 0. The number of carbonyl (C=O) groups is 2. The number of hydrogen-bond donors (Lipinski definition) is 2. The van der Waals surface area contributed by atoms with Gasteiger partial charge in [-0.2, -0.15) is 0 Å². The Balaban J connectivity index is 1.24. The predicted octanol–water partition coefficient (Wildman–Crippen LogP) is 6.96. The number of allylic oxidation sites excluding steroid dienone is 4. The third-order valence-electron chi connectivity index (χ3n) is 14.1. The maximum Gasteiger partial charge on any atom is 0.227 e. The number of aliphatic hydroxyl groups excluding tert-OH is 1. The number of amides is 1. The number of methoxy groups -OCH3 is 2. The zero-order chi connectivity index (χ0) is 34.8. The van der Waals surface area contributed by atoms with Gasteiger partial charge in [-0.3, -0.25) is 9.59 Å². The second kappa shape index (κ2) is 12.1. The van der Waals surface area contributed by atoms with E-state index in [1.807, 2.05) is 53.4 Å². The van der Waals surface area contributed by atoms with E-state index in [9.17, 15) is 19.8 Å². The SMILES string of the molecule is CCCN(CC1(O)CCC2C34C=CC5(C=C3C(=O)c3ccccc3)CC(O)CCC5(C)C4CCC21C)C(=O)Cc1ccc(OC)c(OC)c1. The van der Waals surface area contributed by atoms with Crippen molar-refractivity contribution in [3.05, 3.63) is 83.5 Å². The van der Waals surface area contributed by atoms with E-state index in [2.05, 4.69) is 39.0 Å². The largest absolute Gasteiger partial charge is 0.493 e. The standard InChI is InChI=1S/C42H53NO6/c1-6-22-43(36(45)24-28-12-13-32(48-4)33(23-28)49-5)27-41(47)19-16-35-39(41,3)18-15-34-38(2)17-14-30(44)25-40(38)20-21-42(34,35)31(26-40)37(46)29-10-8-7-9-11-29/h7-13,20-21,23,26,30,34-35,44,47H,6,14-19,22,24-25,27H2,1-5H3. The van der Waals surface area contributed by atoms with Crippen LogP contribution >= 0.6 is 0 Å². The Morgan fingerprint density at radius 3 is 2.31 bits per heavy atom. The van der Waals surface area contributed by atoms with Crippen molar-refractivity contribution in [1.29, 1.82) is 0 Å². The zero-order valence-electron chi connectivity index (χ0n) is 29.8. The Labute approximate surface area is 291 Å². The first kappa shape index (κ1) is 34.0. The van der Waals surface area contributed by atoms with Crippen LogP contribution in [0.15, 0.2) is 72.3 Å². The molecule has 8 rings (SSSR count). The number of ether oxygens (including phenoxy) is 2. The predicted molar refractivity (Wildman–Crippen MR) is 189 cm³/mol. The summed E-state index contributed by atoms with van der Waals surface area (Å²) in [5.74, 6) is 1.51. The molecule has 0 heterocycles. The molecule has 6 aliphatic rings. The summed E-state index contributed by atoms with van der Waals surface area (Å²) in [6.45, 7) is 7.54. The maximum absolute atomic E-state index is 14.7. The molecule has 0 radical (unpaired) electrons. The molecule has 3 fully saturated rings. The Hall–Kier alpha value is -3.42. The molecule has 2 aromatic carbocycles. The molecule has 0 aliphatic heterocycles. The lowest BCUT2D eigenvalue weighted by Gasteiger charge is -2.71. The van der Waals surface area contributed by atoms with E-state index in [1.54, 1.807) is 14.2 Å². The van der Waals surface area contributed by atoms with E-state index < -0.39 is 16.4 Å². The van der Waals surface area contributed by atoms with Crippen LogP contribution in [0.2, 0.25) is 0 Å². The third kappa shape index (κ3) is 4.89. The normalized spacial score (nSPS) is 37.0. The van der Waals surface area contributed by atoms with E-state index in [-0.39, 0.29) is 53.4 Å². The number of aliphatic hydroxyl groups is 2. The lowest BCUT2D eigenvalue weighted by atomic mass is 9.32. The Kier molecular flexibility index (Phi) is 8.42. The van der Waals surface area contributed by atoms with Crippen LogP contribution in [-0.4, -0.2) is 65.8 Å². The fourth-order valence-electron chi connectivity index (χ4n) is 11.5. The van der Waals surface area contributed by atoms with Crippen molar-refractivity contribution in [2.45, 2.75) is 90.3 Å². The van der Waals surface area contributed by atoms with Gasteiger partial charge < -0.3 is 24.6 Å². The fraction of sp³-hybridized carbons (Fsp3) is 0.571. The van der Waals surface area contributed by atoms with Crippen molar-refractivity contribution in [2.24, 2.45) is 33.5 Å². The van der Waals surface area contributed by atoms with Crippen molar-refractivity contribution in [1.82, 2.24) is 4.90 Å². The minimum absolute atomic E-state index is 0.0190. The van der Waals surface area contributed by atoms with Crippen LogP contribution in [0, 0.1) is 33.5 Å². The van der Waals surface area contributed by atoms with E-state index in [1.165, 1.54) is 0 Å². The van der Waals surface area contributed by atoms with Gasteiger partial charge in [-0.05, 0) is 86.3 Å². The molecule has 2 aromatic rings. The van der Waals surface area contributed by atoms with Gasteiger partial charge in [0.25, 0.3) is 0 Å². The van der Waals surface area contributed by atoms with E-state index >= 15 is 0 Å². The van der Waals surface area contributed by atoms with Crippen LogP contribution in [0.4, 0.5) is 0 Å². The zero-order valence-corrected chi connectivity index (χ0v) is 29.8. The highest BCUT2D eigenvalue weighted by atomic mass is 16.5.